The molecule has 1 amide bonds. The highest BCUT2D eigenvalue weighted by Gasteiger charge is 2.38. The lowest BCUT2D eigenvalue weighted by Crippen LogP contribution is -2.47. The molecule has 3 rings (SSSR count). The topological polar surface area (TPSA) is 107 Å². The molecule has 0 saturated carbocycles. The summed E-state index contributed by atoms with van der Waals surface area (Å²) in [6.07, 6.45) is -4.91. The predicted octanol–water partition coefficient (Wildman–Crippen LogP) is 3.26. The van der Waals surface area contributed by atoms with E-state index in [1.54, 1.807) is 12.1 Å². The Morgan fingerprint density at radius 3 is 2.08 bits per heavy atom. The van der Waals surface area contributed by atoms with E-state index in [1.807, 2.05) is 56.0 Å². The summed E-state index contributed by atoms with van der Waals surface area (Å²) in [6, 6.07) is 13.0. The van der Waals surface area contributed by atoms with E-state index in [1.165, 1.54) is 4.31 Å². The molecule has 1 aliphatic rings. The van der Waals surface area contributed by atoms with Gasteiger partial charge in [-0.2, -0.15) is 17.5 Å². The number of carboxylic acid groups (broad SMARTS) is 1. The Morgan fingerprint density at radius 2 is 1.57 bits per heavy atom. The SMILES string of the molecule is Cc1ccc(CN(CCC(=O)N2CCNCC2)S(=O)(=O)c2ccc(C)c(C)c2)cc1.O=C(O)C(F)(F)F. The molecule has 0 bridgehead atoms. The highest BCUT2D eigenvalue weighted by molar-refractivity contribution is 7.89. The first kappa shape index (κ1) is 30.3. The number of piperazine rings is 1. The third-order valence-electron chi connectivity index (χ3n) is 5.88. The Hall–Kier alpha value is -2.96. The van der Waals surface area contributed by atoms with Crippen molar-refractivity contribution < 1.29 is 36.3 Å². The standard InChI is InChI=1S/C23H31N3O3S.C2HF3O2/c1-18-4-7-21(8-5-18)17-26(13-10-23(27)25-14-11-24-12-15-25)30(28,29)22-9-6-19(2)20(3)16-22;3-2(4,5)1(6)7/h4-9,16,24H,10-15,17H2,1-3H3;(H,6,7). The van der Waals surface area contributed by atoms with Crippen LogP contribution in [0.2, 0.25) is 0 Å². The third-order valence-corrected chi connectivity index (χ3v) is 7.72. The summed E-state index contributed by atoms with van der Waals surface area (Å²) < 4.78 is 60.1. The van der Waals surface area contributed by atoms with Crippen molar-refractivity contribution in [1.29, 1.82) is 0 Å². The molecule has 2 N–H and O–H groups in total. The number of sulfonamides is 1. The summed E-state index contributed by atoms with van der Waals surface area (Å²) in [6.45, 7) is 9.16. The van der Waals surface area contributed by atoms with Gasteiger partial charge in [-0.1, -0.05) is 35.9 Å². The summed E-state index contributed by atoms with van der Waals surface area (Å²) in [5, 5.41) is 10.4. The van der Waals surface area contributed by atoms with Crippen molar-refractivity contribution in [2.45, 2.75) is 44.8 Å². The number of nitrogens with zero attached hydrogens (tertiary/aromatic N) is 2. The monoisotopic (exact) mass is 543 g/mol. The van der Waals surface area contributed by atoms with Crippen LogP contribution < -0.4 is 5.32 Å². The van der Waals surface area contributed by atoms with E-state index in [2.05, 4.69) is 5.32 Å². The molecular formula is C25H32F3N3O5S. The molecule has 0 aliphatic carbocycles. The van der Waals surface area contributed by atoms with Crippen molar-refractivity contribution in [3.8, 4) is 0 Å². The van der Waals surface area contributed by atoms with Crippen molar-refractivity contribution in [1.82, 2.24) is 14.5 Å². The smallest absolute Gasteiger partial charge is 0.475 e. The van der Waals surface area contributed by atoms with E-state index in [4.69, 9.17) is 9.90 Å². The number of nitrogens with one attached hydrogen (secondary N) is 1. The zero-order valence-electron chi connectivity index (χ0n) is 21.0. The predicted molar refractivity (Wildman–Crippen MR) is 132 cm³/mol. The van der Waals surface area contributed by atoms with Gasteiger partial charge in [0.05, 0.1) is 4.90 Å². The third kappa shape index (κ3) is 9.13. The van der Waals surface area contributed by atoms with Gasteiger partial charge in [-0.15, -0.1) is 0 Å². The first-order valence-corrected chi connectivity index (χ1v) is 13.1. The molecule has 0 aromatic heterocycles. The number of halogens is 3. The fraction of sp³-hybridized carbons (Fsp3) is 0.440. The molecule has 2 aromatic carbocycles. The molecule has 2 aromatic rings. The number of alkyl halides is 3. The van der Waals surface area contributed by atoms with Crippen LogP contribution in [0.5, 0.6) is 0 Å². The van der Waals surface area contributed by atoms with Crippen molar-refractivity contribution in [2.75, 3.05) is 32.7 Å². The number of amides is 1. The molecule has 12 heteroatoms. The number of rotatable bonds is 7. The normalized spacial score (nSPS) is 14.2. The maximum atomic E-state index is 13.4. The van der Waals surface area contributed by atoms with Crippen molar-refractivity contribution >= 4 is 21.9 Å². The number of carboxylic acids is 1. The van der Waals surface area contributed by atoms with Gasteiger partial charge < -0.3 is 15.3 Å². The molecular weight excluding hydrogens is 511 g/mol. The first-order valence-electron chi connectivity index (χ1n) is 11.6. The molecule has 1 fully saturated rings. The maximum Gasteiger partial charge on any atom is 0.490 e. The summed E-state index contributed by atoms with van der Waals surface area (Å²) in [5.41, 5.74) is 4.01. The summed E-state index contributed by atoms with van der Waals surface area (Å²) in [7, 11) is -3.72. The van der Waals surface area contributed by atoms with Crippen LogP contribution in [0.3, 0.4) is 0 Å². The molecule has 1 saturated heterocycles. The molecule has 1 heterocycles. The number of hydrogen-bond acceptors (Lipinski definition) is 5. The molecule has 8 nitrogen and oxygen atoms in total. The van der Waals surface area contributed by atoms with Crippen LogP contribution in [0, 0.1) is 20.8 Å². The maximum absolute atomic E-state index is 13.4. The Balaban J connectivity index is 0.000000604. The lowest BCUT2D eigenvalue weighted by atomic mass is 10.1. The first-order chi connectivity index (χ1) is 17.2. The van der Waals surface area contributed by atoms with Crippen molar-refractivity contribution in [3.05, 3.63) is 64.7 Å². The number of aryl methyl sites for hydroxylation is 3. The van der Waals surface area contributed by atoms with E-state index in [9.17, 15) is 26.4 Å². The fourth-order valence-electron chi connectivity index (χ4n) is 3.50. The lowest BCUT2D eigenvalue weighted by Gasteiger charge is -2.29. The van der Waals surface area contributed by atoms with Crippen LogP contribution >= 0.6 is 0 Å². The summed E-state index contributed by atoms with van der Waals surface area (Å²) in [4.78, 5) is 23.6. The van der Waals surface area contributed by atoms with E-state index >= 15 is 0 Å². The van der Waals surface area contributed by atoms with Crippen LogP contribution in [-0.4, -0.2) is 73.5 Å². The van der Waals surface area contributed by atoms with Gasteiger partial charge in [0.25, 0.3) is 0 Å². The second kappa shape index (κ2) is 13.0. The van der Waals surface area contributed by atoms with Gasteiger partial charge in [0.2, 0.25) is 15.9 Å². The van der Waals surface area contributed by atoms with E-state index < -0.39 is 22.2 Å². The van der Waals surface area contributed by atoms with Gasteiger partial charge in [0, 0.05) is 45.7 Å². The number of carbonyl (C=O) groups is 2. The largest absolute Gasteiger partial charge is 0.490 e. The average Bonchev–Trinajstić information content (AvgIpc) is 2.84. The molecule has 0 atom stereocenters. The zero-order valence-corrected chi connectivity index (χ0v) is 21.8. The van der Waals surface area contributed by atoms with Gasteiger partial charge in [0.1, 0.15) is 0 Å². The second-order valence-corrected chi connectivity index (χ2v) is 10.7. The van der Waals surface area contributed by atoms with Crippen LogP contribution in [0.25, 0.3) is 0 Å². The van der Waals surface area contributed by atoms with Crippen molar-refractivity contribution in [3.63, 3.8) is 0 Å². The molecule has 37 heavy (non-hydrogen) atoms. The second-order valence-electron chi connectivity index (χ2n) is 8.75. The minimum absolute atomic E-state index is 0.000641. The van der Waals surface area contributed by atoms with Gasteiger partial charge in [-0.3, -0.25) is 4.79 Å². The Kier molecular flexibility index (Phi) is 10.6. The van der Waals surface area contributed by atoms with Crippen LogP contribution in [0.1, 0.15) is 28.7 Å². The van der Waals surface area contributed by atoms with E-state index in [0.29, 0.717) is 13.1 Å². The van der Waals surface area contributed by atoms with Gasteiger partial charge in [-0.25, -0.2) is 13.2 Å². The lowest BCUT2D eigenvalue weighted by molar-refractivity contribution is -0.192. The van der Waals surface area contributed by atoms with E-state index in [0.717, 1.165) is 35.3 Å². The number of benzene rings is 2. The highest BCUT2D eigenvalue weighted by Crippen LogP contribution is 2.22. The summed E-state index contributed by atoms with van der Waals surface area (Å²) >= 11 is 0. The molecule has 0 spiro atoms. The minimum Gasteiger partial charge on any atom is -0.475 e. The zero-order chi connectivity index (χ0) is 27.8. The average molecular weight is 544 g/mol. The molecule has 0 radical (unpaired) electrons. The van der Waals surface area contributed by atoms with Crippen molar-refractivity contribution in [2.24, 2.45) is 0 Å². The van der Waals surface area contributed by atoms with Gasteiger partial charge in [-0.05, 0) is 49.6 Å². The quantitative estimate of drug-likeness (QED) is 0.555. The Bertz CT molecular complexity index is 1180. The van der Waals surface area contributed by atoms with E-state index in [-0.39, 0.29) is 30.3 Å². The highest BCUT2D eigenvalue weighted by atomic mass is 32.2. The number of carbonyl (C=O) groups excluding carboxylic acids is 1. The Morgan fingerprint density at radius 1 is 1.00 bits per heavy atom. The molecule has 0 unspecified atom stereocenters. The summed E-state index contributed by atoms with van der Waals surface area (Å²) in [5.74, 6) is -2.76. The van der Waals surface area contributed by atoms with Crippen LogP contribution in [0.4, 0.5) is 13.2 Å². The fourth-order valence-corrected chi connectivity index (χ4v) is 5.01. The minimum atomic E-state index is -5.08. The van der Waals surface area contributed by atoms with Crippen LogP contribution in [0.15, 0.2) is 47.4 Å². The van der Waals surface area contributed by atoms with Gasteiger partial charge in [0.15, 0.2) is 0 Å². The number of hydrogen-bond donors (Lipinski definition) is 2. The number of aliphatic carboxylic acids is 1. The Labute approximate surface area is 215 Å². The van der Waals surface area contributed by atoms with Gasteiger partial charge >= 0.3 is 12.1 Å². The van der Waals surface area contributed by atoms with Crippen LogP contribution in [-0.2, 0) is 26.2 Å². The molecule has 1 aliphatic heterocycles. The molecule has 204 valence electrons.